The number of nitrogens with one attached hydrogen (secondary N) is 1. The fourth-order valence-electron chi connectivity index (χ4n) is 5.27. The van der Waals surface area contributed by atoms with Crippen molar-refractivity contribution in [3.05, 3.63) is 0 Å². The predicted octanol–water partition coefficient (Wildman–Crippen LogP) is 2.60. The predicted molar refractivity (Wildman–Crippen MR) is 110 cm³/mol. The Morgan fingerprint density at radius 3 is 2.47 bits per heavy atom. The lowest BCUT2D eigenvalue weighted by Crippen LogP contribution is -2.54. The van der Waals surface area contributed by atoms with Crippen molar-refractivity contribution in [2.75, 3.05) is 13.1 Å². The van der Waals surface area contributed by atoms with Crippen LogP contribution in [-0.4, -0.2) is 64.4 Å². The van der Waals surface area contributed by atoms with Crippen LogP contribution >= 0.6 is 0 Å². The number of amides is 4. The van der Waals surface area contributed by atoms with Gasteiger partial charge in [0, 0.05) is 12.6 Å². The summed E-state index contributed by atoms with van der Waals surface area (Å²) in [6.07, 6.45) is 7.77. The van der Waals surface area contributed by atoms with Gasteiger partial charge in [0.05, 0.1) is 0 Å². The van der Waals surface area contributed by atoms with Gasteiger partial charge in [-0.05, 0) is 45.4 Å². The third-order valence-electron chi connectivity index (χ3n) is 7.08. The third-order valence-corrected chi connectivity index (χ3v) is 7.08. The van der Waals surface area contributed by atoms with Crippen LogP contribution in [0.5, 0.6) is 0 Å². The molecule has 3 atom stereocenters. The van der Waals surface area contributed by atoms with Crippen LogP contribution in [0.4, 0.5) is 4.79 Å². The molecule has 8 heteroatoms. The van der Waals surface area contributed by atoms with Gasteiger partial charge in [0.15, 0.2) is 6.10 Å². The molecule has 1 aliphatic heterocycles. The number of carbonyl (C=O) groups is 4. The number of rotatable bonds is 6. The molecule has 168 valence electrons. The molecule has 2 saturated carbocycles. The van der Waals surface area contributed by atoms with Crippen LogP contribution in [0.3, 0.4) is 0 Å². The average Bonchev–Trinajstić information content (AvgIpc) is 2.96. The van der Waals surface area contributed by atoms with Crippen molar-refractivity contribution in [1.82, 2.24) is 15.1 Å². The van der Waals surface area contributed by atoms with Crippen molar-refractivity contribution >= 4 is 23.8 Å². The monoisotopic (exact) mass is 421 g/mol. The van der Waals surface area contributed by atoms with Crippen molar-refractivity contribution in [1.29, 1.82) is 0 Å². The summed E-state index contributed by atoms with van der Waals surface area (Å²) in [5, 5.41) is 2.83. The van der Waals surface area contributed by atoms with Gasteiger partial charge in [-0.3, -0.25) is 19.3 Å². The van der Waals surface area contributed by atoms with E-state index in [0.717, 1.165) is 49.8 Å². The van der Waals surface area contributed by atoms with Gasteiger partial charge in [-0.15, -0.1) is 0 Å². The second-order valence-electron chi connectivity index (χ2n) is 8.99. The molecule has 30 heavy (non-hydrogen) atoms. The fraction of sp³-hybridized carbons (Fsp3) is 0.818. The molecule has 0 radical (unpaired) electrons. The molecule has 3 aliphatic rings. The first kappa shape index (κ1) is 22.6. The van der Waals surface area contributed by atoms with Crippen molar-refractivity contribution in [3.8, 4) is 0 Å². The van der Waals surface area contributed by atoms with Crippen molar-refractivity contribution in [2.45, 2.75) is 96.2 Å². The van der Waals surface area contributed by atoms with Crippen LogP contribution in [0.15, 0.2) is 0 Å². The van der Waals surface area contributed by atoms with Gasteiger partial charge < -0.3 is 15.0 Å². The van der Waals surface area contributed by atoms with Crippen molar-refractivity contribution in [3.63, 3.8) is 0 Å². The highest BCUT2D eigenvalue weighted by atomic mass is 16.5. The van der Waals surface area contributed by atoms with Gasteiger partial charge in [0.2, 0.25) is 0 Å². The smallest absolute Gasteiger partial charge is 0.327 e. The lowest BCUT2D eigenvalue weighted by Gasteiger charge is -2.36. The van der Waals surface area contributed by atoms with Gasteiger partial charge in [0.1, 0.15) is 12.1 Å². The molecule has 0 aromatic carbocycles. The van der Waals surface area contributed by atoms with Gasteiger partial charge in [0.25, 0.3) is 11.8 Å². The zero-order valence-electron chi connectivity index (χ0n) is 18.4. The number of hydrogen-bond donors (Lipinski definition) is 1. The maximum atomic E-state index is 13.0. The van der Waals surface area contributed by atoms with E-state index in [-0.39, 0.29) is 23.8 Å². The number of nitrogens with zero attached hydrogens (tertiary/aromatic N) is 2. The zero-order chi connectivity index (χ0) is 21.9. The molecule has 0 bridgehead atoms. The van der Waals surface area contributed by atoms with E-state index in [9.17, 15) is 19.2 Å². The van der Waals surface area contributed by atoms with E-state index in [1.807, 2.05) is 13.8 Å². The molecular formula is C22H35N3O5. The van der Waals surface area contributed by atoms with Gasteiger partial charge in [-0.25, -0.2) is 4.79 Å². The minimum Gasteiger partial charge on any atom is -0.451 e. The normalized spacial score (nSPS) is 28.4. The summed E-state index contributed by atoms with van der Waals surface area (Å²) >= 11 is 0. The third kappa shape index (κ3) is 4.32. The summed E-state index contributed by atoms with van der Waals surface area (Å²) < 4.78 is 5.34. The minimum atomic E-state index is -0.942. The van der Waals surface area contributed by atoms with Crippen molar-refractivity contribution in [2.24, 2.45) is 5.92 Å². The van der Waals surface area contributed by atoms with Crippen LogP contribution < -0.4 is 5.32 Å². The number of esters is 1. The Labute approximate surface area is 178 Å². The molecule has 2 aliphatic carbocycles. The Bertz CT molecular complexity index is 690. The Hall–Kier alpha value is -2.12. The second kappa shape index (κ2) is 9.35. The Balaban J connectivity index is 1.58. The summed E-state index contributed by atoms with van der Waals surface area (Å²) in [7, 11) is 0. The number of likely N-dealkylation sites (N-methyl/N-ethyl adjacent to an activating group) is 1. The zero-order valence-corrected chi connectivity index (χ0v) is 18.4. The first-order chi connectivity index (χ1) is 14.3. The van der Waals surface area contributed by atoms with E-state index >= 15 is 0 Å². The molecule has 0 aromatic heterocycles. The lowest BCUT2D eigenvalue weighted by atomic mass is 9.73. The summed E-state index contributed by atoms with van der Waals surface area (Å²) in [4.78, 5) is 53.5. The van der Waals surface area contributed by atoms with Crippen LogP contribution in [0.1, 0.15) is 78.6 Å². The number of hydrogen-bond acceptors (Lipinski definition) is 5. The maximum absolute atomic E-state index is 13.0. The van der Waals surface area contributed by atoms with E-state index in [1.54, 1.807) is 11.8 Å². The van der Waals surface area contributed by atoms with Crippen molar-refractivity contribution < 1.29 is 23.9 Å². The van der Waals surface area contributed by atoms with Crippen LogP contribution in [-0.2, 0) is 19.1 Å². The van der Waals surface area contributed by atoms with Gasteiger partial charge in [-0.1, -0.05) is 39.0 Å². The van der Waals surface area contributed by atoms with Gasteiger partial charge in [-0.2, -0.15) is 0 Å². The van der Waals surface area contributed by atoms with E-state index in [2.05, 4.69) is 5.32 Å². The number of carbonyl (C=O) groups excluding carboxylic acids is 4. The fourth-order valence-corrected chi connectivity index (χ4v) is 5.27. The molecule has 1 spiro atoms. The molecule has 1 saturated heterocycles. The molecular weight excluding hydrogens is 386 g/mol. The molecule has 4 amide bonds. The first-order valence-electron chi connectivity index (χ1n) is 11.4. The largest absolute Gasteiger partial charge is 0.451 e. The summed E-state index contributed by atoms with van der Waals surface area (Å²) in [5.41, 5.74) is -0.906. The minimum absolute atomic E-state index is 0.0258. The molecule has 3 rings (SSSR count). The number of imide groups is 1. The van der Waals surface area contributed by atoms with E-state index in [1.165, 1.54) is 6.42 Å². The SMILES string of the molecule is CCN(C(=O)[C@H](C)OC(=O)CN1C(=O)N[C@@]2(CCCC[C@@H]2C)C1=O)C1CCCCC1. The highest BCUT2D eigenvalue weighted by Crippen LogP contribution is 2.38. The standard InChI is InChI=1S/C22H35N3O5/c1-4-24(17-11-6-5-7-12-17)19(27)16(3)30-18(26)14-25-20(28)22(23-21(25)29)13-9-8-10-15(22)2/h15-17H,4-14H2,1-3H3,(H,23,29)/t15-,16-,22+/m0/s1. The van der Waals surface area contributed by atoms with Gasteiger partial charge >= 0.3 is 12.0 Å². The number of ether oxygens (including phenoxy) is 1. The first-order valence-corrected chi connectivity index (χ1v) is 11.4. The summed E-state index contributed by atoms with van der Waals surface area (Å²) in [5.74, 6) is -1.28. The van der Waals surface area contributed by atoms with Crippen LogP contribution in [0, 0.1) is 5.92 Å². The number of urea groups is 1. The summed E-state index contributed by atoms with van der Waals surface area (Å²) in [6, 6.07) is -0.363. The highest BCUT2D eigenvalue weighted by molar-refractivity contribution is 6.09. The van der Waals surface area contributed by atoms with Crippen LogP contribution in [0.2, 0.25) is 0 Å². The second-order valence-corrected chi connectivity index (χ2v) is 8.99. The van der Waals surface area contributed by atoms with E-state index in [0.29, 0.717) is 13.0 Å². The van der Waals surface area contributed by atoms with E-state index < -0.39 is 30.2 Å². The lowest BCUT2D eigenvalue weighted by molar-refractivity contribution is -0.161. The molecule has 0 unspecified atom stereocenters. The maximum Gasteiger partial charge on any atom is 0.327 e. The molecule has 1 N–H and O–H groups in total. The average molecular weight is 422 g/mol. The molecule has 3 fully saturated rings. The summed E-state index contributed by atoms with van der Waals surface area (Å²) in [6.45, 7) is 5.55. The Morgan fingerprint density at radius 1 is 1.17 bits per heavy atom. The molecule has 0 aromatic rings. The Morgan fingerprint density at radius 2 is 1.83 bits per heavy atom. The Kier molecular flexibility index (Phi) is 7.03. The molecule has 1 heterocycles. The topological polar surface area (TPSA) is 96.0 Å². The quantitative estimate of drug-likeness (QED) is 0.525. The van der Waals surface area contributed by atoms with Crippen LogP contribution in [0.25, 0.3) is 0 Å². The molecule has 8 nitrogen and oxygen atoms in total. The highest BCUT2D eigenvalue weighted by Gasteiger charge is 2.55. The van der Waals surface area contributed by atoms with E-state index in [4.69, 9.17) is 4.74 Å².